The molecule has 0 radical (unpaired) electrons. The van der Waals surface area contributed by atoms with Gasteiger partial charge in [0.2, 0.25) is 0 Å². The molecule has 0 saturated carbocycles. The maximum Gasteiger partial charge on any atom is 0.118 e. The Morgan fingerprint density at radius 1 is 1.64 bits per heavy atom. The smallest absolute Gasteiger partial charge is 0.118 e. The largest absolute Gasteiger partial charge is 0.465 e. The second-order valence-electron chi connectivity index (χ2n) is 3.13. The molecule has 1 N–H and O–H groups in total. The van der Waals surface area contributed by atoms with E-state index >= 15 is 0 Å². The van der Waals surface area contributed by atoms with Crippen molar-refractivity contribution < 1.29 is 9.15 Å². The monoisotopic (exact) mass is 195 g/mol. The summed E-state index contributed by atoms with van der Waals surface area (Å²) in [4.78, 5) is 0. The molecule has 0 aliphatic heterocycles. The van der Waals surface area contributed by atoms with E-state index in [1.54, 1.807) is 6.08 Å². The van der Waals surface area contributed by atoms with E-state index in [2.05, 4.69) is 11.9 Å². The lowest BCUT2D eigenvalue weighted by Gasteiger charge is -1.97. The van der Waals surface area contributed by atoms with Crippen molar-refractivity contribution in [2.24, 2.45) is 0 Å². The number of aryl methyl sites for hydroxylation is 1. The molecule has 0 unspecified atom stereocenters. The maximum atomic E-state index is 5.52. The molecule has 0 spiro atoms. The van der Waals surface area contributed by atoms with Gasteiger partial charge in [0.05, 0.1) is 19.8 Å². The maximum absolute atomic E-state index is 5.52. The summed E-state index contributed by atoms with van der Waals surface area (Å²) in [5, 5.41) is 3.04. The summed E-state index contributed by atoms with van der Waals surface area (Å²) in [7, 11) is 1.89. The van der Waals surface area contributed by atoms with Crippen LogP contribution in [0.25, 0.3) is 0 Å². The molecule has 14 heavy (non-hydrogen) atoms. The molecular formula is C11H17NO2. The van der Waals surface area contributed by atoms with Crippen LogP contribution in [0.2, 0.25) is 0 Å². The second-order valence-corrected chi connectivity index (χ2v) is 3.13. The first-order valence-corrected chi connectivity index (χ1v) is 4.69. The quantitative estimate of drug-likeness (QED) is 0.557. The molecule has 0 bridgehead atoms. The van der Waals surface area contributed by atoms with Gasteiger partial charge in [0.1, 0.15) is 11.5 Å². The Bertz CT molecular complexity index is 291. The van der Waals surface area contributed by atoms with Crippen LogP contribution in [0.4, 0.5) is 0 Å². The highest BCUT2D eigenvalue weighted by atomic mass is 16.5. The minimum Gasteiger partial charge on any atom is -0.465 e. The van der Waals surface area contributed by atoms with Gasteiger partial charge in [-0.1, -0.05) is 6.08 Å². The van der Waals surface area contributed by atoms with E-state index in [1.165, 1.54) is 0 Å². The van der Waals surface area contributed by atoms with Crippen molar-refractivity contribution in [1.82, 2.24) is 5.32 Å². The number of furan rings is 1. The van der Waals surface area contributed by atoms with Crippen LogP contribution >= 0.6 is 0 Å². The summed E-state index contributed by atoms with van der Waals surface area (Å²) < 4.78 is 10.9. The van der Waals surface area contributed by atoms with Crippen molar-refractivity contribution in [3.8, 4) is 0 Å². The number of rotatable bonds is 6. The van der Waals surface area contributed by atoms with Gasteiger partial charge in [0.15, 0.2) is 0 Å². The molecule has 0 aliphatic carbocycles. The fraction of sp³-hybridized carbons (Fsp3) is 0.455. The van der Waals surface area contributed by atoms with Crippen LogP contribution in [0.5, 0.6) is 0 Å². The Kier molecular flexibility index (Phi) is 4.43. The van der Waals surface area contributed by atoms with Crippen LogP contribution in [0, 0.1) is 6.92 Å². The second kappa shape index (κ2) is 5.62. The van der Waals surface area contributed by atoms with Crippen LogP contribution < -0.4 is 5.32 Å². The van der Waals surface area contributed by atoms with E-state index in [0.717, 1.165) is 23.6 Å². The zero-order valence-electron chi connectivity index (χ0n) is 8.80. The Labute approximate surface area is 84.8 Å². The van der Waals surface area contributed by atoms with Crippen LogP contribution in [-0.4, -0.2) is 13.7 Å². The summed E-state index contributed by atoms with van der Waals surface area (Å²) in [5.74, 6) is 1.88. The molecule has 78 valence electrons. The normalized spacial score (nSPS) is 10.4. The van der Waals surface area contributed by atoms with E-state index < -0.39 is 0 Å². The van der Waals surface area contributed by atoms with Crippen LogP contribution in [0.1, 0.15) is 17.1 Å². The molecule has 0 atom stereocenters. The van der Waals surface area contributed by atoms with E-state index in [1.807, 2.05) is 20.0 Å². The van der Waals surface area contributed by atoms with Gasteiger partial charge in [0.25, 0.3) is 0 Å². The number of nitrogens with one attached hydrogen (secondary N) is 1. The third-order valence-electron chi connectivity index (χ3n) is 1.92. The Morgan fingerprint density at radius 3 is 3.07 bits per heavy atom. The Morgan fingerprint density at radius 2 is 2.43 bits per heavy atom. The molecule has 1 aromatic rings. The average Bonchev–Trinajstić information content (AvgIpc) is 2.48. The Hall–Kier alpha value is -1.06. The molecule has 1 heterocycles. The van der Waals surface area contributed by atoms with Gasteiger partial charge in [-0.05, 0) is 20.0 Å². The number of hydrogen-bond donors (Lipinski definition) is 1. The summed E-state index contributed by atoms with van der Waals surface area (Å²) in [6.07, 6.45) is 1.74. The highest BCUT2D eigenvalue weighted by Crippen LogP contribution is 2.15. The van der Waals surface area contributed by atoms with Crippen LogP contribution in [0.3, 0.4) is 0 Å². The fourth-order valence-electron chi connectivity index (χ4n) is 1.24. The lowest BCUT2D eigenvalue weighted by molar-refractivity contribution is 0.147. The zero-order chi connectivity index (χ0) is 10.4. The van der Waals surface area contributed by atoms with E-state index in [9.17, 15) is 0 Å². The topological polar surface area (TPSA) is 34.4 Å². The van der Waals surface area contributed by atoms with Crippen LogP contribution in [0.15, 0.2) is 23.1 Å². The van der Waals surface area contributed by atoms with Crippen molar-refractivity contribution >= 4 is 0 Å². The first-order chi connectivity index (χ1) is 6.77. The van der Waals surface area contributed by atoms with Crippen molar-refractivity contribution in [2.45, 2.75) is 20.1 Å². The molecule has 0 aliphatic rings. The summed E-state index contributed by atoms with van der Waals surface area (Å²) in [6, 6.07) is 2.02. The predicted octanol–water partition coefficient (Wildman–Crippen LogP) is 2.01. The molecule has 1 rings (SSSR count). The first kappa shape index (κ1) is 11.0. The molecule has 0 amide bonds. The van der Waals surface area contributed by atoms with E-state index in [0.29, 0.717) is 13.2 Å². The summed E-state index contributed by atoms with van der Waals surface area (Å²) in [5.41, 5.74) is 1.11. The molecular weight excluding hydrogens is 178 g/mol. The molecule has 1 aromatic heterocycles. The highest BCUT2D eigenvalue weighted by molar-refractivity contribution is 5.19. The average molecular weight is 195 g/mol. The molecule has 3 heteroatoms. The zero-order valence-corrected chi connectivity index (χ0v) is 8.80. The van der Waals surface area contributed by atoms with Crippen molar-refractivity contribution in [3.63, 3.8) is 0 Å². The number of ether oxygens (including phenoxy) is 1. The summed E-state index contributed by atoms with van der Waals surface area (Å²) >= 11 is 0. The molecule has 0 aromatic carbocycles. The van der Waals surface area contributed by atoms with Gasteiger partial charge in [-0.25, -0.2) is 0 Å². The third kappa shape index (κ3) is 3.01. The van der Waals surface area contributed by atoms with Crippen molar-refractivity contribution in [3.05, 3.63) is 35.8 Å². The van der Waals surface area contributed by atoms with Crippen LogP contribution in [-0.2, 0) is 17.9 Å². The first-order valence-electron chi connectivity index (χ1n) is 4.69. The van der Waals surface area contributed by atoms with Crippen molar-refractivity contribution in [2.75, 3.05) is 13.7 Å². The van der Waals surface area contributed by atoms with Gasteiger partial charge in [-0.2, -0.15) is 0 Å². The minimum atomic E-state index is 0.575. The molecule has 0 saturated heterocycles. The lowest BCUT2D eigenvalue weighted by atomic mass is 10.2. The van der Waals surface area contributed by atoms with Gasteiger partial charge in [-0.15, -0.1) is 6.58 Å². The van der Waals surface area contributed by atoms with Gasteiger partial charge in [-0.3, -0.25) is 0 Å². The highest BCUT2D eigenvalue weighted by Gasteiger charge is 2.06. The Balaban J connectivity index is 2.53. The van der Waals surface area contributed by atoms with Gasteiger partial charge < -0.3 is 14.5 Å². The predicted molar refractivity (Wildman–Crippen MR) is 56.1 cm³/mol. The molecule has 0 fully saturated rings. The van der Waals surface area contributed by atoms with Crippen molar-refractivity contribution in [1.29, 1.82) is 0 Å². The van der Waals surface area contributed by atoms with E-state index in [-0.39, 0.29) is 0 Å². The fourth-order valence-corrected chi connectivity index (χ4v) is 1.24. The summed E-state index contributed by atoms with van der Waals surface area (Å²) in [6.45, 7) is 7.46. The molecule has 3 nitrogen and oxygen atoms in total. The van der Waals surface area contributed by atoms with Gasteiger partial charge in [0, 0.05) is 5.56 Å². The number of hydrogen-bond acceptors (Lipinski definition) is 3. The lowest BCUT2D eigenvalue weighted by Crippen LogP contribution is -2.03. The third-order valence-corrected chi connectivity index (χ3v) is 1.92. The standard InChI is InChI=1S/C11H17NO2/c1-4-5-13-8-10-6-11(7-12-3)14-9(10)2/h4,6,12H,1,5,7-8H2,2-3H3. The minimum absolute atomic E-state index is 0.575. The SMILES string of the molecule is C=CCOCc1cc(CNC)oc1C. The van der Waals surface area contributed by atoms with E-state index in [4.69, 9.17) is 9.15 Å². The van der Waals surface area contributed by atoms with Gasteiger partial charge >= 0.3 is 0 Å².